The minimum Gasteiger partial charge on any atom is -0.481 e. The van der Waals surface area contributed by atoms with Gasteiger partial charge in [0.05, 0.1) is 6.42 Å². The number of nitrogens with zero attached hydrogens (tertiary/aromatic N) is 1. The number of aliphatic hydroxyl groups excluding tert-OH is 1. The van der Waals surface area contributed by atoms with Crippen LogP contribution in [0.1, 0.15) is 13.3 Å². The lowest BCUT2D eigenvalue weighted by atomic mass is 10.1. The number of anilines is 1. The molecule has 7 heteroatoms. The van der Waals surface area contributed by atoms with E-state index in [4.69, 9.17) is 10.2 Å². The number of carbonyl (C=O) groups excluding carboxylic acids is 1. The van der Waals surface area contributed by atoms with E-state index in [0.717, 1.165) is 4.90 Å². The van der Waals surface area contributed by atoms with Crippen molar-refractivity contribution in [1.29, 1.82) is 0 Å². The largest absolute Gasteiger partial charge is 0.481 e. The molecule has 3 N–H and O–H groups in total. The Balaban J connectivity index is 3.24. The summed E-state index contributed by atoms with van der Waals surface area (Å²) >= 11 is 0. The van der Waals surface area contributed by atoms with Crippen LogP contribution in [0.4, 0.5) is 5.69 Å². The molecule has 0 saturated heterocycles. The fraction of sp³-hybridized carbons (Fsp3) is 0.308. The Labute approximate surface area is 115 Å². The van der Waals surface area contributed by atoms with Crippen LogP contribution in [-0.4, -0.2) is 45.3 Å². The first-order valence-corrected chi connectivity index (χ1v) is 5.85. The second kappa shape index (κ2) is 6.67. The van der Waals surface area contributed by atoms with Gasteiger partial charge in [-0.05, 0) is 19.1 Å². The number of hydrogen-bond acceptors (Lipinski definition) is 4. The van der Waals surface area contributed by atoms with Crippen LogP contribution in [-0.2, 0) is 14.4 Å². The summed E-state index contributed by atoms with van der Waals surface area (Å²) in [5.41, 5.74) is 0.215. The van der Waals surface area contributed by atoms with Gasteiger partial charge in [0, 0.05) is 5.69 Å². The third-order valence-electron chi connectivity index (χ3n) is 2.59. The van der Waals surface area contributed by atoms with Gasteiger partial charge in [-0.2, -0.15) is 0 Å². The summed E-state index contributed by atoms with van der Waals surface area (Å²) in [5.74, 6) is -3.67. The molecule has 0 spiro atoms. The summed E-state index contributed by atoms with van der Waals surface area (Å²) in [6.07, 6.45) is -2.20. The predicted molar refractivity (Wildman–Crippen MR) is 69.3 cm³/mol. The molecule has 2 atom stereocenters. The molecule has 1 amide bonds. The Bertz CT molecular complexity index is 499. The van der Waals surface area contributed by atoms with Crippen LogP contribution in [0.5, 0.6) is 0 Å². The van der Waals surface area contributed by atoms with Crippen LogP contribution in [0, 0.1) is 0 Å². The summed E-state index contributed by atoms with van der Waals surface area (Å²) in [6, 6.07) is 6.18. The molecule has 2 unspecified atom stereocenters. The molecule has 0 heterocycles. The van der Waals surface area contributed by atoms with Crippen LogP contribution >= 0.6 is 0 Å². The van der Waals surface area contributed by atoms with E-state index < -0.39 is 36.4 Å². The highest BCUT2D eigenvalue weighted by molar-refractivity contribution is 6.02. The molecule has 20 heavy (non-hydrogen) atoms. The van der Waals surface area contributed by atoms with Crippen molar-refractivity contribution in [2.24, 2.45) is 0 Å². The minimum absolute atomic E-state index is 0.215. The Morgan fingerprint density at radius 1 is 1.15 bits per heavy atom. The second-order valence-electron chi connectivity index (χ2n) is 4.17. The summed E-state index contributed by atoms with van der Waals surface area (Å²) in [5, 5.41) is 27.3. The molecule has 1 aromatic carbocycles. The maximum atomic E-state index is 12.0. The number of benzene rings is 1. The van der Waals surface area contributed by atoms with E-state index in [0.29, 0.717) is 0 Å². The molecule has 1 rings (SSSR count). The van der Waals surface area contributed by atoms with Crippen molar-refractivity contribution in [3.63, 3.8) is 0 Å². The molecule has 0 aliphatic rings. The number of rotatable bonds is 6. The zero-order chi connectivity index (χ0) is 15.3. The zero-order valence-electron chi connectivity index (χ0n) is 10.8. The minimum atomic E-state index is -1.59. The highest BCUT2D eigenvalue weighted by atomic mass is 16.4. The monoisotopic (exact) mass is 281 g/mol. The number of amides is 1. The highest BCUT2D eigenvalue weighted by Gasteiger charge is 2.34. The van der Waals surface area contributed by atoms with Gasteiger partial charge in [-0.1, -0.05) is 18.2 Å². The van der Waals surface area contributed by atoms with Gasteiger partial charge in [0.15, 0.2) is 0 Å². The Morgan fingerprint density at radius 3 is 2.10 bits per heavy atom. The zero-order valence-corrected chi connectivity index (χ0v) is 10.8. The number of para-hydroxylation sites is 1. The van der Waals surface area contributed by atoms with Crippen LogP contribution in [0.3, 0.4) is 0 Å². The highest BCUT2D eigenvalue weighted by Crippen LogP contribution is 2.20. The van der Waals surface area contributed by atoms with E-state index in [2.05, 4.69) is 0 Å². The first kappa shape index (κ1) is 15.6. The Kier molecular flexibility index (Phi) is 5.22. The average Bonchev–Trinajstić information content (AvgIpc) is 2.38. The lowest BCUT2D eigenvalue weighted by molar-refractivity contribution is -0.146. The molecule has 0 aromatic heterocycles. The quantitative estimate of drug-likeness (QED) is 0.692. The van der Waals surface area contributed by atoms with Crippen molar-refractivity contribution in [2.45, 2.75) is 25.5 Å². The van der Waals surface area contributed by atoms with E-state index in [1.807, 2.05) is 0 Å². The second-order valence-corrected chi connectivity index (χ2v) is 4.17. The molecular weight excluding hydrogens is 266 g/mol. The molecule has 0 aliphatic carbocycles. The first-order chi connectivity index (χ1) is 9.34. The van der Waals surface area contributed by atoms with Crippen LogP contribution in [0.25, 0.3) is 0 Å². The molecule has 0 saturated carbocycles. The number of carbonyl (C=O) groups is 3. The molecule has 0 aliphatic heterocycles. The summed E-state index contributed by atoms with van der Waals surface area (Å²) in [7, 11) is 0. The van der Waals surface area contributed by atoms with Gasteiger partial charge in [-0.15, -0.1) is 0 Å². The van der Waals surface area contributed by atoms with Gasteiger partial charge in [0.2, 0.25) is 0 Å². The normalized spacial score (nSPS) is 13.3. The lowest BCUT2D eigenvalue weighted by Crippen LogP contribution is -2.49. The van der Waals surface area contributed by atoms with Gasteiger partial charge in [-0.25, -0.2) is 4.79 Å². The van der Waals surface area contributed by atoms with Gasteiger partial charge in [-0.3, -0.25) is 14.5 Å². The molecule has 0 radical (unpaired) electrons. The fourth-order valence-electron chi connectivity index (χ4n) is 1.71. The first-order valence-electron chi connectivity index (χ1n) is 5.85. The Morgan fingerprint density at radius 2 is 1.70 bits per heavy atom. The van der Waals surface area contributed by atoms with E-state index >= 15 is 0 Å². The molecular formula is C13H15NO6. The number of aliphatic hydroxyl groups is 1. The maximum absolute atomic E-state index is 12.0. The standard InChI is InChI=1S/C13H15NO6/c1-8(15)12(18)14(9-5-3-2-4-6-9)10(13(19)20)7-11(16)17/h2-6,8,10,15H,7H2,1H3,(H,16,17)(H,19,20). The van der Waals surface area contributed by atoms with Crippen molar-refractivity contribution >= 4 is 23.5 Å². The SMILES string of the molecule is CC(O)C(=O)N(c1ccccc1)C(CC(=O)O)C(=O)O. The van der Waals surface area contributed by atoms with Crippen LogP contribution in [0.15, 0.2) is 30.3 Å². The van der Waals surface area contributed by atoms with Crippen molar-refractivity contribution in [3.8, 4) is 0 Å². The third kappa shape index (κ3) is 3.79. The van der Waals surface area contributed by atoms with Gasteiger partial charge in [0.25, 0.3) is 5.91 Å². The van der Waals surface area contributed by atoms with Crippen LogP contribution in [0.2, 0.25) is 0 Å². The maximum Gasteiger partial charge on any atom is 0.327 e. The lowest BCUT2D eigenvalue weighted by Gasteiger charge is -2.29. The number of carboxylic acids is 2. The molecule has 7 nitrogen and oxygen atoms in total. The molecule has 0 fully saturated rings. The van der Waals surface area contributed by atoms with E-state index in [1.165, 1.54) is 19.1 Å². The molecule has 1 aromatic rings. The summed E-state index contributed by atoms with van der Waals surface area (Å²) in [4.78, 5) is 34.8. The topological polar surface area (TPSA) is 115 Å². The molecule has 108 valence electrons. The number of carboxylic acid groups (broad SMARTS) is 2. The van der Waals surface area contributed by atoms with E-state index in [-0.39, 0.29) is 5.69 Å². The fourth-order valence-corrected chi connectivity index (χ4v) is 1.71. The van der Waals surface area contributed by atoms with Gasteiger partial charge < -0.3 is 15.3 Å². The van der Waals surface area contributed by atoms with E-state index in [9.17, 15) is 19.5 Å². The van der Waals surface area contributed by atoms with Crippen molar-refractivity contribution in [3.05, 3.63) is 30.3 Å². The number of hydrogen-bond donors (Lipinski definition) is 3. The smallest absolute Gasteiger partial charge is 0.327 e. The van der Waals surface area contributed by atoms with Gasteiger partial charge >= 0.3 is 11.9 Å². The third-order valence-corrected chi connectivity index (χ3v) is 2.59. The van der Waals surface area contributed by atoms with Crippen molar-refractivity contribution in [1.82, 2.24) is 0 Å². The van der Waals surface area contributed by atoms with E-state index in [1.54, 1.807) is 18.2 Å². The predicted octanol–water partition coefficient (Wildman–Crippen LogP) is 0.328. The van der Waals surface area contributed by atoms with Crippen molar-refractivity contribution < 1.29 is 29.7 Å². The molecule has 0 bridgehead atoms. The average molecular weight is 281 g/mol. The summed E-state index contributed by atoms with van der Waals surface area (Å²) < 4.78 is 0. The Hall–Kier alpha value is -2.41. The van der Waals surface area contributed by atoms with Crippen LogP contribution < -0.4 is 4.90 Å². The number of aliphatic carboxylic acids is 2. The van der Waals surface area contributed by atoms with Gasteiger partial charge in [0.1, 0.15) is 12.1 Å². The summed E-state index contributed by atoms with van der Waals surface area (Å²) in [6.45, 7) is 1.19. The van der Waals surface area contributed by atoms with Crippen molar-refractivity contribution in [2.75, 3.05) is 4.90 Å².